The molecule has 0 radical (unpaired) electrons. The third-order valence-corrected chi connectivity index (χ3v) is 3.91. The van der Waals surface area contributed by atoms with Gasteiger partial charge in [0.2, 0.25) is 4.96 Å². The summed E-state index contributed by atoms with van der Waals surface area (Å²) < 4.78 is 1.85. The third kappa shape index (κ3) is 1.53. The summed E-state index contributed by atoms with van der Waals surface area (Å²) in [7, 11) is 0. The van der Waals surface area contributed by atoms with Crippen LogP contribution in [0.4, 0.5) is 0 Å². The van der Waals surface area contributed by atoms with Gasteiger partial charge in [0.15, 0.2) is 5.82 Å². The second-order valence-electron chi connectivity index (χ2n) is 3.91. The van der Waals surface area contributed by atoms with Gasteiger partial charge in [0, 0.05) is 5.92 Å². The van der Waals surface area contributed by atoms with E-state index in [1.54, 1.807) is 11.3 Å². The molecule has 0 bridgehead atoms. The van der Waals surface area contributed by atoms with Crippen molar-refractivity contribution >= 4 is 16.3 Å². The van der Waals surface area contributed by atoms with Crippen LogP contribution in [0, 0.1) is 6.92 Å². The first-order valence-corrected chi connectivity index (χ1v) is 6.06. The van der Waals surface area contributed by atoms with Crippen LogP contribution in [0.5, 0.6) is 0 Å². The summed E-state index contributed by atoms with van der Waals surface area (Å²) in [5.74, 6) is 1.48. The van der Waals surface area contributed by atoms with Crippen LogP contribution in [-0.2, 0) is 0 Å². The van der Waals surface area contributed by atoms with Gasteiger partial charge in [-0.3, -0.25) is 0 Å². The Morgan fingerprint density at radius 3 is 2.87 bits per heavy atom. The van der Waals surface area contributed by atoms with Crippen LogP contribution in [-0.4, -0.2) is 32.9 Å². The molecule has 1 aliphatic rings. The van der Waals surface area contributed by atoms with Crippen LogP contribution in [0.1, 0.15) is 29.6 Å². The van der Waals surface area contributed by atoms with Gasteiger partial charge in [-0.25, -0.2) is 0 Å². The highest BCUT2D eigenvalue weighted by Crippen LogP contribution is 2.28. The van der Waals surface area contributed by atoms with Crippen molar-refractivity contribution < 1.29 is 0 Å². The Morgan fingerprint density at radius 1 is 1.33 bits per heavy atom. The molecule has 1 aliphatic heterocycles. The fraction of sp³-hybridized carbons (Fsp3) is 0.667. The molecule has 0 atom stereocenters. The van der Waals surface area contributed by atoms with Crippen LogP contribution in [0.25, 0.3) is 4.96 Å². The van der Waals surface area contributed by atoms with E-state index in [-0.39, 0.29) is 0 Å². The smallest absolute Gasteiger partial charge is 0.234 e. The Morgan fingerprint density at radius 2 is 2.13 bits per heavy atom. The molecular formula is C9H13N5S. The zero-order chi connectivity index (χ0) is 10.3. The van der Waals surface area contributed by atoms with E-state index >= 15 is 0 Å². The molecule has 0 spiro atoms. The van der Waals surface area contributed by atoms with Crippen LogP contribution in [0.2, 0.25) is 0 Å². The summed E-state index contributed by atoms with van der Waals surface area (Å²) in [6.07, 6.45) is 2.37. The predicted octanol–water partition coefficient (Wildman–Crippen LogP) is 0.961. The molecule has 0 saturated carbocycles. The largest absolute Gasteiger partial charge is 0.317 e. The normalized spacial score (nSPS) is 18.7. The Bertz CT molecular complexity index is 468. The van der Waals surface area contributed by atoms with Crippen molar-refractivity contribution in [2.75, 3.05) is 13.1 Å². The molecule has 0 aromatic carbocycles. The van der Waals surface area contributed by atoms with Gasteiger partial charge in [0.25, 0.3) is 0 Å². The molecule has 0 amide bonds. The Balaban J connectivity index is 1.96. The van der Waals surface area contributed by atoms with Gasteiger partial charge in [-0.05, 0) is 32.9 Å². The van der Waals surface area contributed by atoms with Gasteiger partial charge < -0.3 is 5.32 Å². The van der Waals surface area contributed by atoms with Gasteiger partial charge in [-0.2, -0.15) is 9.61 Å². The van der Waals surface area contributed by atoms with Crippen molar-refractivity contribution in [2.45, 2.75) is 25.7 Å². The lowest BCUT2D eigenvalue weighted by Crippen LogP contribution is -2.26. The molecule has 1 fully saturated rings. The fourth-order valence-electron chi connectivity index (χ4n) is 1.96. The summed E-state index contributed by atoms with van der Waals surface area (Å²) >= 11 is 1.68. The monoisotopic (exact) mass is 223 g/mol. The quantitative estimate of drug-likeness (QED) is 0.782. The Labute approximate surface area is 91.5 Å². The summed E-state index contributed by atoms with van der Waals surface area (Å²) in [4.78, 5) is 0.918. The van der Waals surface area contributed by atoms with Crippen LogP contribution < -0.4 is 5.32 Å². The zero-order valence-corrected chi connectivity index (χ0v) is 9.42. The van der Waals surface area contributed by atoms with E-state index in [9.17, 15) is 0 Å². The minimum atomic E-state index is 0.609. The molecule has 3 heterocycles. The SMILES string of the molecule is Cc1nnc2sc(C3CCNCC3)nn12. The van der Waals surface area contributed by atoms with E-state index in [1.165, 1.54) is 17.8 Å². The number of hydrogen-bond donors (Lipinski definition) is 1. The molecule has 2 aromatic heterocycles. The molecule has 3 rings (SSSR count). The van der Waals surface area contributed by atoms with E-state index in [0.29, 0.717) is 5.92 Å². The van der Waals surface area contributed by atoms with Crippen molar-refractivity contribution in [1.29, 1.82) is 0 Å². The minimum Gasteiger partial charge on any atom is -0.317 e. The number of piperidine rings is 1. The number of aromatic nitrogens is 4. The van der Waals surface area contributed by atoms with E-state index in [0.717, 1.165) is 23.9 Å². The van der Waals surface area contributed by atoms with E-state index in [4.69, 9.17) is 0 Å². The highest BCUT2D eigenvalue weighted by Gasteiger charge is 2.20. The van der Waals surface area contributed by atoms with Crippen molar-refractivity contribution in [2.24, 2.45) is 0 Å². The number of nitrogens with one attached hydrogen (secondary N) is 1. The van der Waals surface area contributed by atoms with Crippen LogP contribution >= 0.6 is 11.3 Å². The van der Waals surface area contributed by atoms with Gasteiger partial charge in [-0.15, -0.1) is 10.2 Å². The van der Waals surface area contributed by atoms with Gasteiger partial charge in [0.1, 0.15) is 5.01 Å². The second kappa shape index (κ2) is 3.53. The maximum atomic E-state index is 4.58. The number of fused-ring (bicyclic) bond motifs is 1. The van der Waals surface area contributed by atoms with Crippen molar-refractivity contribution in [1.82, 2.24) is 25.1 Å². The summed E-state index contributed by atoms with van der Waals surface area (Å²) in [5, 5.41) is 17.2. The standard InChI is InChI=1S/C9H13N5S/c1-6-11-12-9-14(6)13-8(15-9)7-2-4-10-5-3-7/h7,10H,2-5H2,1H3. The molecule has 0 unspecified atom stereocenters. The van der Waals surface area contributed by atoms with Gasteiger partial charge in [-0.1, -0.05) is 11.3 Å². The first kappa shape index (κ1) is 9.23. The molecule has 15 heavy (non-hydrogen) atoms. The highest BCUT2D eigenvalue weighted by atomic mass is 32.1. The van der Waals surface area contributed by atoms with Crippen molar-refractivity contribution in [3.8, 4) is 0 Å². The van der Waals surface area contributed by atoms with Gasteiger partial charge in [0.05, 0.1) is 0 Å². The minimum absolute atomic E-state index is 0.609. The lowest BCUT2D eigenvalue weighted by molar-refractivity contribution is 0.456. The molecule has 6 heteroatoms. The lowest BCUT2D eigenvalue weighted by atomic mass is 9.99. The summed E-state index contributed by atoms with van der Waals surface area (Å²) in [6, 6.07) is 0. The fourth-order valence-corrected chi connectivity index (χ4v) is 3.02. The van der Waals surface area contributed by atoms with Crippen LogP contribution in [0.15, 0.2) is 0 Å². The average Bonchev–Trinajstić information content (AvgIpc) is 2.83. The number of nitrogens with zero attached hydrogens (tertiary/aromatic N) is 4. The molecule has 1 saturated heterocycles. The maximum Gasteiger partial charge on any atom is 0.234 e. The van der Waals surface area contributed by atoms with E-state index < -0.39 is 0 Å². The second-order valence-corrected chi connectivity index (χ2v) is 4.89. The Hall–Kier alpha value is -1.01. The molecular weight excluding hydrogens is 210 g/mol. The number of rotatable bonds is 1. The topological polar surface area (TPSA) is 55.1 Å². The summed E-state index contributed by atoms with van der Waals surface area (Å²) in [5.41, 5.74) is 0. The van der Waals surface area contributed by atoms with Crippen LogP contribution in [0.3, 0.4) is 0 Å². The molecule has 80 valence electrons. The highest BCUT2D eigenvalue weighted by molar-refractivity contribution is 7.16. The van der Waals surface area contributed by atoms with Crippen molar-refractivity contribution in [3.63, 3.8) is 0 Å². The first-order valence-electron chi connectivity index (χ1n) is 5.24. The predicted molar refractivity (Wildman–Crippen MR) is 58.2 cm³/mol. The van der Waals surface area contributed by atoms with Crippen molar-refractivity contribution in [3.05, 3.63) is 10.8 Å². The zero-order valence-electron chi connectivity index (χ0n) is 8.60. The number of aryl methyl sites for hydroxylation is 1. The molecule has 0 aliphatic carbocycles. The molecule has 5 nitrogen and oxygen atoms in total. The average molecular weight is 223 g/mol. The third-order valence-electron chi connectivity index (χ3n) is 2.85. The molecule has 2 aromatic rings. The number of hydrogen-bond acceptors (Lipinski definition) is 5. The van der Waals surface area contributed by atoms with Gasteiger partial charge >= 0.3 is 0 Å². The van der Waals surface area contributed by atoms with E-state index in [2.05, 4.69) is 20.6 Å². The lowest BCUT2D eigenvalue weighted by Gasteiger charge is -2.19. The maximum absolute atomic E-state index is 4.58. The summed E-state index contributed by atoms with van der Waals surface area (Å²) in [6.45, 7) is 4.14. The van der Waals surface area contributed by atoms with E-state index in [1.807, 2.05) is 11.4 Å². The molecule has 1 N–H and O–H groups in total. The first-order chi connectivity index (χ1) is 7.34. The Kier molecular flexibility index (Phi) is 2.17.